The van der Waals surface area contributed by atoms with Crippen LogP contribution in [0.25, 0.3) is 0 Å². The smallest absolute Gasteiger partial charge is 0.141 e. The van der Waals surface area contributed by atoms with Crippen LogP contribution in [0.5, 0.6) is 0 Å². The van der Waals surface area contributed by atoms with Gasteiger partial charge < -0.3 is 21.4 Å². The number of amidine groups is 1. The molecule has 5 nitrogen and oxygen atoms in total. The van der Waals surface area contributed by atoms with E-state index in [1.807, 2.05) is 30.3 Å². The molecular weight excluding hydrogens is 266 g/mol. The van der Waals surface area contributed by atoms with Crippen molar-refractivity contribution in [2.45, 2.75) is 44.2 Å². The highest BCUT2D eigenvalue weighted by Gasteiger charge is 2.27. The van der Waals surface area contributed by atoms with Crippen LogP contribution in [0.2, 0.25) is 0 Å². The van der Waals surface area contributed by atoms with Gasteiger partial charge in [0, 0.05) is 25.1 Å². The van der Waals surface area contributed by atoms with Crippen molar-refractivity contribution in [1.82, 2.24) is 5.32 Å². The van der Waals surface area contributed by atoms with E-state index in [1.165, 1.54) is 12.8 Å². The summed E-state index contributed by atoms with van der Waals surface area (Å²) in [6.45, 7) is 0.211. The fraction of sp³-hybridized carbons (Fsp3) is 0.562. The Labute approximate surface area is 125 Å². The van der Waals surface area contributed by atoms with Crippen LogP contribution in [0, 0.1) is 5.92 Å². The first kappa shape index (κ1) is 15.8. The Hall–Kier alpha value is -1.59. The molecule has 0 aliphatic heterocycles. The van der Waals surface area contributed by atoms with Gasteiger partial charge in [0.15, 0.2) is 0 Å². The van der Waals surface area contributed by atoms with Crippen molar-refractivity contribution in [3.63, 3.8) is 0 Å². The van der Waals surface area contributed by atoms with Crippen molar-refractivity contribution in [3.8, 4) is 0 Å². The van der Waals surface area contributed by atoms with Crippen LogP contribution >= 0.6 is 0 Å². The molecule has 0 radical (unpaired) electrons. The summed E-state index contributed by atoms with van der Waals surface area (Å²) in [7, 11) is 0. The van der Waals surface area contributed by atoms with Crippen LogP contribution in [-0.4, -0.2) is 28.8 Å². The molecule has 3 atom stereocenters. The normalized spacial score (nSPS) is 24.7. The highest BCUT2D eigenvalue weighted by Crippen LogP contribution is 2.27. The quantitative estimate of drug-likeness (QED) is 0.279. The van der Waals surface area contributed by atoms with Crippen LogP contribution < -0.4 is 11.1 Å². The van der Waals surface area contributed by atoms with Gasteiger partial charge in [0.05, 0.1) is 0 Å². The standard InChI is InChI=1S/C16H25N3O2/c17-16(19-21)10-15(12-6-2-1-3-7-12)18-14-9-5-4-8-13(14)11-20/h1-3,6-7,13-15,18,20-21H,4-5,8-11H2,(H2,17,19). The molecule has 5 N–H and O–H groups in total. The number of nitrogens with zero attached hydrogens (tertiary/aromatic N) is 1. The minimum Gasteiger partial charge on any atom is -0.409 e. The second-order valence-corrected chi connectivity index (χ2v) is 5.76. The first-order chi connectivity index (χ1) is 10.2. The van der Waals surface area contributed by atoms with E-state index >= 15 is 0 Å². The molecule has 1 saturated carbocycles. The number of aliphatic hydroxyl groups is 1. The molecule has 0 heterocycles. The second kappa shape index (κ2) is 8.00. The van der Waals surface area contributed by atoms with E-state index in [0.717, 1.165) is 18.4 Å². The minimum absolute atomic E-state index is 0.000694. The molecular formula is C16H25N3O2. The van der Waals surface area contributed by atoms with Gasteiger partial charge in [-0.15, -0.1) is 0 Å². The van der Waals surface area contributed by atoms with E-state index in [2.05, 4.69) is 10.5 Å². The summed E-state index contributed by atoms with van der Waals surface area (Å²) in [5, 5.41) is 25.1. The number of hydrogen-bond acceptors (Lipinski definition) is 4. The molecule has 1 fully saturated rings. The molecule has 5 heteroatoms. The largest absolute Gasteiger partial charge is 0.409 e. The Morgan fingerprint density at radius 1 is 1.29 bits per heavy atom. The molecule has 0 amide bonds. The van der Waals surface area contributed by atoms with Gasteiger partial charge in [-0.2, -0.15) is 0 Å². The van der Waals surface area contributed by atoms with Crippen LogP contribution in [0.3, 0.4) is 0 Å². The Balaban J connectivity index is 2.11. The van der Waals surface area contributed by atoms with E-state index in [9.17, 15) is 5.11 Å². The van der Waals surface area contributed by atoms with Gasteiger partial charge in [-0.1, -0.05) is 48.3 Å². The van der Waals surface area contributed by atoms with Gasteiger partial charge in [-0.25, -0.2) is 0 Å². The third-order valence-electron chi connectivity index (χ3n) is 4.30. The number of oxime groups is 1. The fourth-order valence-electron chi connectivity index (χ4n) is 3.11. The topological polar surface area (TPSA) is 90.9 Å². The number of rotatable bonds is 6. The molecule has 3 unspecified atom stereocenters. The predicted octanol–water partition coefficient (Wildman–Crippen LogP) is 2.00. The lowest BCUT2D eigenvalue weighted by Crippen LogP contribution is -2.43. The molecule has 1 aliphatic rings. The second-order valence-electron chi connectivity index (χ2n) is 5.76. The van der Waals surface area contributed by atoms with E-state index in [1.54, 1.807) is 0 Å². The average molecular weight is 291 g/mol. The maximum Gasteiger partial charge on any atom is 0.141 e. The number of hydrogen-bond donors (Lipinski definition) is 4. The van der Waals surface area contributed by atoms with Crippen molar-refractivity contribution in [1.29, 1.82) is 0 Å². The Bertz CT molecular complexity index is 450. The maximum atomic E-state index is 9.54. The summed E-state index contributed by atoms with van der Waals surface area (Å²) in [5.41, 5.74) is 6.81. The first-order valence-corrected chi connectivity index (χ1v) is 7.63. The van der Waals surface area contributed by atoms with E-state index < -0.39 is 0 Å². The average Bonchev–Trinajstić information content (AvgIpc) is 2.55. The van der Waals surface area contributed by atoms with Crippen LogP contribution in [0.1, 0.15) is 43.7 Å². The third-order valence-corrected chi connectivity index (χ3v) is 4.30. The molecule has 2 rings (SSSR count). The minimum atomic E-state index is -0.000694. The Kier molecular flexibility index (Phi) is 6.02. The highest BCUT2D eigenvalue weighted by molar-refractivity contribution is 5.80. The lowest BCUT2D eigenvalue weighted by molar-refractivity contribution is 0.146. The molecule has 1 aliphatic carbocycles. The molecule has 116 valence electrons. The highest BCUT2D eigenvalue weighted by atomic mass is 16.4. The molecule has 21 heavy (non-hydrogen) atoms. The zero-order valence-electron chi connectivity index (χ0n) is 12.3. The zero-order chi connectivity index (χ0) is 15.1. The summed E-state index contributed by atoms with van der Waals surface area (Å²) in [6, 6.07) is 10.3. The Morgan fingerprint density at radius 3 is 2.67 bits per heavy atom. The van der Waals surface area contributed by atoms with E-state index in [-0.39, 0.29) is 30.4 Å². The SMILES string of the molecule is N/C(CC(NC1CCCCC1CO)c1ccccc1)=N/O. The number of aliphatic hydroxyl groups excluding tert-OH is 1. The van der Waals surface area contributed by atoms with Crippen LogP contribution in [0.4, 0.5) is 0 Å². The fourth-order valence-corrected chi connectivity index (χ4v) is 3.11. The number of benzene rings is 1. The lowest BCUT2D eigenvalue weighted by Gasteiger charge is -2.34. The summed E-state index contributed by atoms with van der Waals surface area (Å²) in [4.78, 5) is 0. The summed E-state index contributed by atoms with van der Waals surface area (Å²) < 4.78 is 0. The van der Waals surface area contributed by atoms with Crippen molar-refractivity contribution >= 4 is 5.84 Å². The molecule has 0 aromatic heterocycles. The van der Waals surface area contributed by atoms with Crippen molar-refractivity contribution in [2.24, 2.45) is 16.8 Å². The lowest BCUT2D eigenvalue weighted by atomic mass is 9.84. The summed E-state index contributed by atoms with van der Waals surface area (Å²) >= 11 is 0. The van der Waals surface area contributed by atoms with Gasteiger partial charge in [0.2, 0.25) is 0 Å². The zero-order valence-corrected chi connectivity index (χ0v) is 12.3. The third kappa shape index (κ3) is 4.44. The van der Waals surface area contributed by atoms with Gasteiger partial charge in [0.25, 0.3) is 0 Å². The molecule has 1 aromatic rings. The van der Waals surface area contributed by atoms with Crippen LogP contribution in [0.15, 0.2) is 35.5 Å². The van der Waals surface area contributed by atoms with Gasteiger partial charge in [0.1, 0.15) is 5.84 Å². The Morgan fingerprint density at radius 2 is 2.00 bits per heavy atom. The number of nitrogens with one attached hydrogen (secondary N) is 1. The van der Waals surface area contributed by atoms with Crippen LogP contribution in [-0.2, 0) is 0 Å². The monoisotopic (exact) mass is 291 g/mol. The summed E-state index contributed by atoms with van der Waals surface area (Å²) in [5.74, 6) is 0.505. The summed E-state index contributed by atoms with van der Waals surface area (Å²) in [6.07, 6.45) is 4.93. The van der Waals surface area contributed by atoms with E-state index in [0.29, 0.717) is 6.42 Å². The molecule has 0 spiro atoms. The predicted molar refractivity (Wildman–Crippen MR) is 83.2 cm³/mol. The van der Waals surface area contributed by atoms with Crippen molar-refractivity contribution < 1.29 is 10.3 Å². The van der Waals surface area contributed by atoms with Crippen molar-refractivity contribution in [3.05, 3.63) is 35.9 Å². The van der Waals surface area contributed by atoms with Gasteiger partial charge >= 0.3 is 0 Å². The van der Waals surface area contributed by atoms with E-state index in [4.69, 9.17) is 10.9 Å². The maximum absolute atomic E-state index is 9.54. The van der Waals surface area contributed by atoms with Crippen molar-refractivity contribution in [2.75, 3.05) is 6.61 Å². The van der Waals surface area contributed by atoms with Gasteiger partial charge in [-0.3, -0.25) is 0 Å². The first-order valence-electron chi connectivity index (χ1n) is 7.63. The molecule has 0 bridgehead atoms. The number of nitrogens with two attached hydrogens (primary N) is 1. The molecule has 1 aromatic carbocycles. The molecule has 0 saturated heterocycles. The van der Waals surface area contributed by atoms with Gasteiger partial charge in [-0.05, 0) is 24.3 Å².